The normalized spacial score (nSPS) is 17.5. The predicted molar refractivity (Wildman–Crippen MR) is 35.2 cm³/mol. The van der Waals surface area contributed by atoms with Gasteiger partial charge in [0.2, 0.25) is 0 Å². The second-order valence-electron chi connectivity index (χ2n) is 2.38. The minimum atomic E-state index is -3.63. The first-order valence-corrected chi connectivity index (χ1v) is 3.18. The summed E-state index contributed by atoms with van der Waals surface area (Å²) in [5.41, 5.74) is 0. The van der Waals surface area contributed by atoms with Crippen LogP contribution < -0.4 is 0 Å². The molecule has 0 N–H and O–H groups in total. The lowest BCUT2D eigenvalue weighted by atomic mass is 10.1. The molecule has 2 atom stereocenters. The van der Waals surface area contributed by atoms with Crippen LogP contribution >= 0.6 is 0 Å². The van der Waals surface area contributed by atoms with Gasteiger partial charge in [-0.3, -0.25) is 0 Å². The molecule has 11 heavy (non-hydrogen) atoms. The minimum absolute atomic E-state index is 0.475. The van der Waals surface area contributed by atoms with E-state index in [0.29, 0.717) is 6.08 Å². The van der Waals surface area contributed by atoms with Gasteiger partial charge in [0.25, 0.3) is 5.92 Å². The summed E-state index contributed by atoms with van der Waals surface area (Å²) in [4.78, 5) is 0. The summed E-state index contributed by atoms with van der Waals surface area (Å²) in [6, 6.07) is 0. The maximum absolute atomic E-state index is 12.4. The van der Waals surface area contributed by atoms with Crippen molar-refractivity contribution in [2.24, 2.45) is 0 Å². The molecule has 4 heteroatoms. The lowest BCUT2D eigenvalue weighted by Gasteiger charge is -2.18. The van der Waals surface area contributed by atoms with Crippen molar-refractivity contribution in [1.29, 1.82) is 0 Å². The summed E-state index contributed by atoms with van der Waals surface area (Å²) in [5, 5.41) is 0. The highest BCUT2D eigenvalue weighted by Gasteiger charge is 2.39. The average Bonchev–Trinajstić information content (AvgIpc) is 1.83. The van der Waals surface area contributed by atoms with E-state index < -0.39 is 24.7 Å². The molecule has 2 unspecified atom stereocenters. The molecular formula is C7H10F4. The topological polar surface area (TPSA) is 0 Å². The molecule has 0 rings (SSSR count). The molecule has 0 aromatic heterocycles. The molecule has 0 spiro atoms. The van der Waals surface area contributed by atoms with Crippen LogP contribution in [0.25, 0.3) is 0 Å². The van der Waals surface area contributed by atoms with E-state index in [1.165, 1.54) is 0 Å². The fourth-order valence-electron chi connectivity index (χ4n) is 0.660. The third-order valence-electron chi connectivity index (χ3n) is 1.16. The van der Waals surface area contributed by atoms with Crippen LogP contribution in [0.5, 0.6) is 0 Å². The number of alkyl halides is 4. The van der Waals surface area contributed by atoms with Crippen LogP contribution in [0.1, 0.15) is 13.3 Å². The highest BCUT2D eigenvalue weighted by atomic mass is 19.3. The van der Waals surface area contributed by atoms with Crippen LogP contribution in [-0.4, -0.2) is 18.3 Å². The molecule has 0 heterocycles. The second kappa shape index (κ2) is 3.74. The van der Waals surface area contributed by atoms with Crippen molar-refractivity contribution in [3.05, 3.63) is 12.7 Å². The molecule has 0 aliphatic heterocycles. The third kappa shape index (κ3) is 3.39. The van der Waals surface area contributed by atoms with Gasteiger partial charge in [0.15, 0.2) is 6.17 Å². The van der Waals surface area contributed by atoms with E-state index in [0.717, 1.165) is 6.92 Å². The Bertz CT molecular complexity index is 130. The zero-order chi connectivity index (χ0) is 9.07. The van der Waals surface area contributed by atoms with Crippen molar-refractivity contribution >= 4 is 0 Å². The number of hydrogen-bond acceptors (Lipinski definition) is 0. The van der Waals surface area contributed by atoms with Crippen molar-refractivity contribution in [3.8, 4) is 0 Å². The quantitative estimate of drug-likeness (QED) is 0.449. The molecular weight excluding hydrogens is 160 g/mol. The SMILES string of the molecule is C=CC(F)C(F)(F)CC(C)F. The van der Waals surface area contributed by atoms with E-state index in [1.54, 1.807) is 0 Å². The first kappa shape index (κ1) is 10.5. The molecule has 0 nitrogen and oxygen atoms in total. The van der Waals surface area contributed by atoms with Gasteiger partial charge < -0.3 is 0 Å². The van der Waals surface area contributed by atoms with E-state index >= 15 is 0 Å². The molecule has 0 saturated carbocycles. The molecule has 0 saturated heterocycles. The van der Waals surface area contributed by atoms with Crippen molar-refractivity contribution in [2.75, 3.05) is 0 Å². The van der Waals surface area contributed by atoms with Crippen LogP contribution in [0.3, 0.4) is 0 Å². The Balaban J connectivity index is 4.08. The zero-order valence-electron chi connectivity index (χ0n) is 6.16. The lowest BCUT2D eigenvalue weighted by Crippen LogP contribution is -2.30. The molecule has 0 fully saturated rings. The van der Waals surface area contributed by atoms with Gasteiger partial charge in [-0.25, -0.2) is 17.6 Å². The number of halogens is 4. The van der Waals surface area contributed by atoms with Gasteiger partial charge in [0.05, 0.1) is 0 Å². The van der Waals surface area contributed by atoms with E-state index in [9.17, 15) is 17.6 Å². The van der Waals surface area contributed by atoms with Crippen LogP contribution in [0.15, 0.2) is 12.7 Å². The minimum Gasteiger partial charge on any atom is -0.248 e. The summed E-state index contributed by atoms with van der Waals surface area (Å²) >= 11 is 0. The maximum Gasteiger partial charge on any atom is 0.285 e. The molecule has 0 aliphatic rings. The Morgan fingerprint density at radius 2 is 1.91 bits per heavy atom. The Labute approximate surface area is 62.9 Å². The van der Waals surface area contributed by atoms with E-state index in [4.69, 9.17) is 0 Å². The first-order valence-electron chi connectivity index (χ1n) is 3.18. The molecule has 0 amide bonds. The number of hydrogen-bond donors (Lipinski definition) is 0. The van der Waals surface area contributed by atoms with Crippen molar-refractivity contribution in [2.45, 2.75) is 31.6 Å². The summed E-state index contributed by atoms with van der Waals surface area (Å²) in [5.74, 6) is -3.63. The largest absolute Gasteiger partial charge is 0.285 e. The highest BCUT2D eigenvalue weighted by molar-refractivity contribution is 4.91. The Hall–Kier alpha value is -0.540. The zero-order valence-corrected chi connectivity index (χ0v) is 6.16. The first-order chi connectivity index (χ1) is 4.90. The summed E-state index contributed by atoms with van der Waals surface area (Å²) in [6.45, 7) is 3.82. The van der Waals surface area contributed by atoms with Crippen molar-refractivity contribution < 1.29 is 17.6 Å². The maximum atomic E-state index is 12.4. The van der Waals surface area contributed by atoms with Crippen LogP contribution in [0.2, 0.25) is 0 Å². The molecule has 0 bridgehead atoms. The van der Waals surface area contributed by atoms with Crippen LogP contribution in [-0.2, 0) is 0 Å². The molecule has 0 aromatic rings. The van der Waals surface area contributed by atoms with Gasteiger partial charge >= 0.3 is 0 Å². The van der Waals surface area contributed by atoms with E-state index in [-0.39, 0.29) is 0 Å². The van der Waals surface area contributed by atoms with Gasteiger partial charge in [-0.05, 0) is 6.92 Å². The third-order valence-corrected chi connectivity index (χ3v) is 1.16. The highest BCUT2D eigenvalue weighted by Crippen LogP contribution is 2.28. The monoisotopic (exact) mass is 170 g/mol. The Kier molecular flexibility index (Phi) is 3.55. The number of allylic oxidation sites excluding steroid dienone is 1. The van der Waals surface area contributed by atoms with Gasteiger partial charge in [-0.1, -0.05) is 12.7 Å². The standard InChI is InChI=1S/C7H10F4/c1-3-6(9)7(10,11)4-5(2)8/h3,5-6H,1,4H2,2H3. The average molecular weight is 170 g/mol. The van der Waals surface area contributed by atoms with Crippen molar-refractivity contribution in [1.82, 2.24) is 0 Å². The fraction of sp³-hybridized carbons (Fsp3) is 0.714. The van der Waals surface area contributed by atoms with Crippen molar-refractivity contribution in [3.63, 3.8) is 0 Å². The molecule has 0 aliphatic carbocycles. The molecule has 0 radical (unpaired) electrons. The summed E-state index contributed by atoms with van der Waals surface area (Å²) < 4.78 is 49.0. The smallest absolute Gasteiger partial charge is 0.248 e. The fourth-order valence-corrected chi connectivity index (χ4v) is 0.660. The Morgan fingerprint density at radius 1 is 1.45 bits per heavy atom. The van der Waals surface area contributed by atoms with Gasteiger partial charge in [-0.15, -0.1) is 0 Å². The van der Waals surface area contributed by atoms with Crippen LogP contribution in [0.4, 0.5) is 17.6 Å². The summed E-state index contributed by atoms with van der Waals surface area (Å²) in [6.07, 6.45) is -4.79. The summed E-state index contributed by atoms with van der Waals surface area (Å²) in [7, 11) is 0. The number of rotatable bonds is 4. The van der Waals surface area contributed by atoms with Gasteiger partial charge in [0, 0.05) is 6.42 Å². The van der Waals surface area contributed by atoms with E-state index in [2.05, 4.69) is 6.58 Å². The second-order valence-corrected chi connectivity index (χ2v) is 2.38. The Morgan fingerprint density at radius 3 is 2.18 bits per heavy atom. The molecule has 0 aromatic carbocycles. The lowest BCUT2D eigenvalue weighted by molar-refractivity contribution is -0.0730. The van der Waals surface area contributed by atoms with Gasteiger partial charge in [-0.2, -0.15) is 0 Å². The van der Waals surface area contributed by atoms with E-state index in [1.807, 2.05) is 0 Å². The molecule has 66 valence electrons. The van der Waals surface area contributed by atoms with Gasteiger partial charge in [0.1, 0.15) is 6.17 Å². The predicted octanol–water partition coefficient (Wildman–Crippen LogP) is 2.89. The van der Waals surface area contributed by atoms with Crippen LogP contribution in [0, 0.1) is 0 Å².